The number of aromatic nitrogens is 2. The van der Waals surface area contributed by atoms with E-state index in [-0.39, 0.29) is 0 Å². The molecule has 0 aliphatic carbocycles. The monoisotopic (exact) mass is 199 g/mol. The van der Waals surface area contributed by atoms with Gasteiger partial charge in [0, 0.05) is 6.54 Å². The Morgan fingerprint density at radius 1 is 1.69 bits per heavy atom. The van der Waals surface area contributed by atoms with E-state index in [1.165, 1.54) is 18.1 Å². The Kier molecular flexibility index (Phi) is 3.23. The molecule has 1 fully saturated rings. The van der Waals surface area contributed by atoms with Gasteiger partial charge in [-0.3, -0.25) is 0 Å². The largest absolute Gasteiger partial charge is 0.371 e. The molecular formula is C8H13N3OS. The highest BCUT2D eigenvalue weighted by atomic mass is 32.1. The third kappa shape index (κ3) is 2.72. The van der Waals surface area contributed by atoms with E-state index in [2.05, 4.69) is 14.1 Å². The molecule has 5 heteroatoms. The highest BCUT2D eigenvalue weighted by Crippen LogP contribution is 2.08. The van der Waals surface area contributed by atoms with Crippen molar-refractivity contribution < 1.29 is 4.74 Å². The second-order valence-electron chi connectivity index (χ2n) is 3.18. The topological polar surface area (TPSA) is 47.0 Å². The summed E-state index contributed by atoms with van der Waals surface area (Å²) in [6, 6.07) is 0. The fourth-order valence-corrected chi connectivity index (χ4v) is 1.83. The highest BCUT2D eigenvalue weighted by Gasteiger charge is 2.13. The van der Waals surface area contributed by atoms with Gasteiger partial charge in [-0.2, -0.15) is 8.75 Å². The van der Waals surface area contributed by atoms with Gasteiger partial charge >= 0.3 is 0 Å². The number of ether oxygens (including phenoxy) is 1. The van der Waals surface area contributed by atoms with Gasteiger partial charge in [-0.15, -0.1) is 0 Å². The van der Waals surface area contributed by atoms with E-state index in [1.807, 2.05) is 0 Å². The van der Waals surface area contributed by atoms with Crippen LogP contribution >= 0.6 is 11.7 Å². The van der Waals surface area contributed by atoms with Gasteiger partial charge < -0.3 is 10.1 Å². The number of nitrogens with zero attached hydrogens (tertiary/aromatic N) is 2. The average molecular weight is 199 g/mol. The van der Waals surface area contributed by atoms with Gasteiger partial charge in [-0.25, -0.2) is 0 Å². The number of nitrogens with one attached hydrogen (secondary N) is 1. The predicted octanol–water partition coefficient (Wildman–Crippen LogP) is 0.807. The zero-order valence-corrected chi connectivity index (χ0v) is 8.22. The van der Waals surface area contributed by atoms with Crippen molar-refractivity contribution in [1.82, 2.24) is 14.1 Å². The number of hydrogen-bond donors (Lipinski definition) is 1. The first-order valence-corrected chi connectivity index (χ1v) is 5.27. The van der Waals surface area contributed by atoms with Crippen molar-refractivity contribution in [3.8, 4) is 0 Å². The second kappa shape index (κ2) is 4.64. The summed E-state index contributed by atoms with van der Waals surface area (Å²) in [5, 5.41) is 3.31. The van der Waals surface area contributed by atoms with E-state index < -0.39 is 0 Å². The molecule has 0 unspecified atom stereocenters. The lowest BCUT2D eigenvalue weighted by Gasteiger charge is -2.22. The van der Waals surface area contributed by atoms with Gasteiger partial charge in [-0.1, -0.05) is 0 Å². The maximum atomic E-state index is 5.67. The van der Waals surface area contributed by atoms with Crippen LogP contribution in [0.1, 0.15) is 18.5 Å². The highest BCUT2D eigenvalue weighted by molar-refractivity contribution is 6.99. The molecule has 72 valence electrons. The van der Waals surface area contributed by atoms with Crippen LogP contribution < -0.4 is 5.32 Å². The van der Waals surface area contributed by atoms with Crippen LogP contribution in [0.4, 0.5) is 0 Å². The third-order valence-corrected chi connectivity index (χ3v) is 2.64. The number of hydrogen-bond acceptors (Lipinski definition) is 5. The fourth-order valence-electron chi connectivity index (χ4n) is 1.41. The van der Waals surface area contributed by atoms with Gasteiger partial charge in [0.05, 0.1) is 36.3 Å². The molecule has 1 N–H and O–H groups in total. The first kappa shape index (κ1) is 9.05. The molecule has 0 bridgehead atoms. The average Bonchev–Trinajstić information content (AvgIpc) is 2.69. The summed E-state index contributed by atoms with van der Waals surface area (Å²) in [5.41, 5.74) is 0.940. The maximum absolute atomic E-state index is 5.67. The van der Waals surface area contributed by atoms with Crippen LogP contribution in [0, 0.1) is 0 Å². The first-order valence-electron chi connectivity index (χ1n) is 4.54. The summed E-state index contributed by atoms with van der Waals surface area (Å²) in [4.78, 5) is 0. The van der Waals surface area contributed by atoms with Crippen LogP contribution in [0.2, 0.25) is 0 Å². The van der Waals surface area contributed by atoms with Gasteiger partial charge in [0.2, 0.25) is 0 Å². The minimum Gasteiger partial charge on any atom is -0.371 e. The van der Waals surface area contributed by atoms with Crippen LogP contribution in [0.3, 0.4) is 0 Å². The molecule has 0 spiro atoms. The van der Waals surface area contributed by atoms with Crippen molar-refractivity contribution in [2.24, 2.45) is 0 Å². The maximum Gasteiger partial charge on any atom is 0.1000 e. The SMILES string of the molecule is c1nsnc1CO[C@H]1CCCNC1. The minimum atomic E-state index is 0.357. The molecule has 1 aromatic rings. The second-order valence-corrected chi connectivity index (χ2v) is 3.73. The normalized spacial score (nSPS) is 23.2. The first-order chi connectivity index (χ1) is 6.45. The molecule has 1 saturated heterocycles. The summed E-state index contributed by atoms with van der Waals surface area (Å²) < 4.78 is 13.7. The van der Waals surface area contributed by atoms with Crippen LogP contribution in [-0.4, -0.2) is 27.9 Å². The van der Waals surface area contributed by atoms with Crippen LogP contribution in [0.25, 0.3) is 0 Å². The zero-order chi connectivity index (χ0) is 8.93. The molecule has 1 aromatic heterocycles. The van der Waals surface area contributed by atoms with Crippen LogP contribution in [0.5, 0.6) is 0 Å². The molecule has 1 atom stereocenters. The zero-order valence-electron chi connectivity index (χ0n) is 7.40. The Labute approximate surface area is 81.6 Å². The standard InChI is InChI=1S/C8H13N3OS/c1-2-8(5-9-3-1)12-6-7-4-10-13-11-7/h4,8-9H,1-3,5-6H2/t8-/m0/s1. The minimum absolute atomic E-state index is 0.357. The van der Waals surface area contributed by atoms with Crippen molar-refractivity contribution in [1.29, 1.82) is 0 Å². The Hall–Kier alpha value is -0.520. The summed E-state index contributed by atoms with van der Waals surface area (Å²) >= 11 is 1.23. The van der Waals surface area contributed by atoms with Crippen molar-refractivity contribution >= 4 is 11.7 Å². The molecule has 1 aliphatic heterocycles. The van der Waals surface area contributed by atoms with Crippen molar-refractivity contribution in [3.63, 3.8) is 0 Å². The lowest BCUT2D eigenvalue weighted by molar-refractivity contribution is 0.0239. The van der Waals surface area contributed by atoms with Crippen molar-refractivity contribution in [2.75, 3.05) is 13.1 Å². The molecule has 2 rings (SSSR count). The van der Waals surface area contributed by atoms with E-state index in [0.717, 1.165) is 25.2 Å². The Balaban J connectivity index is 1.72. The van der Waals surface area contributed by atoms with E-state index >= 15 is 0 Å². The summed E-state index contributed by atoms with van der Waals surface area (Å²) in [6.45, 7) is 2.69. The Morgan fingerprint density at radius 2 is 2.69 bits per heavy atom. The Morgan fingerprint density at radius 3 is 3.38 bits per heavy atom. The van der Waals surface area contributed by atoms with E-state index in [0.29, 0.717) is 12.7 Å². The third-order valence-electron chi connectivity index (χ3n) is 2.13. The van der Waals surface area contributed by atoms with Gasteiger partial charge in [0.1, 0.15) is 0 Å². The molecule has 0 radical (unpaired) electrons. The molecule has 0 saturated carbocycles. The molecule has 13 heavy (non-hydrogen) atoms. The summed E-state index contributed by atoms with van der Waals surface area (Å²) in [5.74, 6) is 0. The van der Waals surface area contributed by atoms with Crippen molar-refractivity contribution in [2.45, 2.75) is 25.6 Å². The molecule has 4 nitrogen and oxygen atoms in total. The predicted molar refractivity (Wildman–Crippen MR) is 50.6 cm³/mol. The van der Waals surface area contributed by atoms with E-state index in [4.69, 9.17) is 4.74 Å². The molecule has 0 amide bonds. The summed E-state index contributed by atoms with van der Waals surface area (Å²) in [6.07, 6.45) is 4.49. The van der Waals surface area contributed by atoms with Gasteiger partial charge in [-0.05, 0) is 19.4 Å². The van der Waals surface area contributed by atoms with E-state index in [1.54, 1.807) is 6.20 Å². The smallest absolute Gasteiger partial charge is 0.1000 e. The lowest BCUT2D eigenvalue weighted by Crippen LogP contribution is -2.35. The van der Waals surface area contributed by atoms with Crippen LogP contribution in [-0.2, 0) is 11.3 Å². The van der Waals surface area contributed by atoms with E-state index in [9.17, 15) is 0 Å². The molecule has 1 aliphatic rings. The van der Waals surface area contributed by atoms with Gasteiger partial charge in [0.25, 0.3) is 0 Å². The fraction of sp³-hybridized carbons (Fsp3) is 0.750. The molecular weight excluding hydrogens is 186 g/mol. The number of piperidine rings is 1. The molecule has 0 aromatic carbocycles. The van der Waals surface area contributed by atoms with Crippen molar-refractivity contribution in [3.05, 3.63) is 11.9 Å². The van der Waals surface area contributed by atoms with Gasteiger partial charge in [0.15, 0.2) is 0 Å². The Bertz CT molecular complexity index is 234. The molecule has 2 heterocycles. The quantitative estimate of drug-likeness (QED) is 0.782. The summed E-state index contributed by atoms with van der Waals surface area (Å²) in [7, 11) is 0. The van der Waals surface area contributed by atoms with Crippen LogP contribution in [0.15, 0.2) is 6.20 Å². The lowest BCUT2D eigenvalue weighted by atomic mass is 10.1. The number of rotatable bonds is 3.